The summed E-state index contributed by atoms with van der Waals surface area (Å²) in [6.07, 6.45) is 3.81. The lowest BCUT2D eigenvalue weighted by atomic mass is 10.1. The second-order valence-electron chi connectivity index (χ2n) is 8.03. The van der Waals surface area contributed by atoms with Crippen LogP contribution >= 0.6 is 12.6 Å². The predicted octanol–water partition coefficient (Wildman–Crippen LogP) is 2.00. The largest absolute Gasteiger partial charge is 0.469 e. The van der Waals surface area contributed by atoms with Gasteiger partial charge >= 0.3 is 5.97 Å². The molecule has 0 heterocycles. The summed E-state index contributed by atoms with van der Waals surface area (Å²) in [5.41, 5.74) is 6.78. The molecule has 1 amide bonds. The molecule has 0 saturated carbocycles. The Balaban J connectivity index is 0. The standard InChI is InChI=1S/C18H29N3O4S.C4H10.C3H8O2S/c1-24-17(22)7-8-21-18(23)16(11-14-5-3-2-4-6-14)25-10-9-20-12-15(19)13-26;1-3-4-2;1-3-6(2,4)5/h2-6,15-16,20,26H,7-13,19H2,1H3,(H,21,23);3-4H2,1-2H3;3H2,1-2H3. The summed E-state index contributed by atoms with van der Waals surface area (Å²) < 4.78 is 30.3. The van der Waals surface area contributed by atoms with E-state index >= 15 is 0 Å². The molecule has 0 saturated heterocycles. The molecule has 9 nitrogen and oxygen atoms in total. The van der Waals surface area contributed by atoms with Gasteiger partial charge in [0.1, 0.15) is 15.9 Å². The lowest BCUT2D eigenvalue weighted by Gasteiger charge is -2.18. The number of carbonyl (C=O) groups excluding carboxylic acids is 2. The predicted molar refractivity (Wildman–Crippen MR) is 150 cm³/mol. The van der Waals surface area contributed by atoms with E-state index in [2.05, 4.69) is 41.8 Å². The Hall–Kier alpha value is -1.66. The van der Waals surface area contributed by atoms with E-state index in [1.165, 1.54) is 26.2 Å². The van der Waals surface area contributed by atoms with Gasteiger partial charge in [-0.25, -0.2) is 8.42 Å². The molecule has 0 spiro atoms. The molecule has 2 unspecified atom stereocenters. The van der Waals surface area contributed by atoms with Crippen molar-refractivity contribution in [3.05, 3.63) is 35.9 Å². The first-order valence-electron chi connectivity index (χ1n) is 12.3. The van der Waals surface area contributed by atoms with Crippen molar-refractivity contribution < 1.29 is 27.5 Å². The van der Waals surface area contributed by atoms with E-state index in [-0.39, 0.29) is 36.6 Å². The van der Waals surface area contributed by atoms with E-state index in [1.807, 2.05) is 30.3 Å². The van der Waals surface area contributed by atoms with E-state index in [1.54, 1.807) is 6.92 Å². The normalized spacial score (nSPS) is 12.2. The number of hydrogen-bond donors (Lipinski definition) is 4. The average molecular weight is 550 g/mol. The van der Waals surface area contributed by atoms with E-state index in [0.29, 0.717) is 31.9 Å². The number of nitrogens with two attached hydrogens (primary N) is 1. The van der Waals surface area contributed by atoms with Crippen LogP contribution in [0.4, 0.5) is 0 Å². The number of rotatable bonds is 15. The van der Waals surface area contributed by atoms with Gasteiger partial charge in [0, 0.05) is 49.9 Å². The lowest BCUT2D eigenvalue weighted by Crippen LogP contribution is -2.41. The van der Waals surface area contributed by atoms with Crippen LogP contribution in [0.1, 0.15) is 45.6 Å². The summed E-state index contributed by atoms with van der Waals surface area (Å²) in [7, 11) is -1.34. The highest BCUT2D eigenvalue weighted by atomic mass is 32.2. The molecular weight excluding hydrogens is 502 g/mol. The van der Waals surface area contributed by atoms with Crippen LogP contribution in [0.5, 0.6) is 0 Å². The molecule has 1 rings (SSSR count). The number of hydrogen-bond acceptors (Lipinski definition) is 9. The van der Waals surface area contributed by atoms with Gasteiger partial charge in [0.25, 0.3) is 0 Å². The molecule has 210 valence electrons. The maximum absolute atomic E-state index is 12.4. The molecule has 11 heteroatoms. The molecule has 2 atom stereocenters. The second-order valence-corrected chi connectivity index (χ2v) is 10.8. The molecular formula is C25H47N3O6S2. The molecule has 1 aromatic carbocycles. The smallest absolute Gasteiger partial charge is 0.307 e. The third-order valence-electron chi connectivity index (χ3n) is 4.68. The number of amides is 1. The van der Waals surface area contributed by atoms with Crippen molar-refractivity contribution >= 4 is 34.3 Å². The van der Waals surface area contributed by atoms with Crippen LogP contribution in [-0.4, -0.2) is 83.6 Å². The highest BCUT2D eigenvalue weighted by Crippen LogP contribution is 2.06. The molecule has 0 bridgehead atoms. The summed E-state index contributed by atoms with van der Waals surface area (Å²) in [4.78, 5) is 23.5. The van der Waals surface area contributed by atoms with Crippen molar-refractivity contribution in [2.45, 2.75) is 58.6 Å². The number of carbonyl (C=O) groups is 2. The van der Waals surface area contributed by atoms with E-state index in [0.717, 1.165) is 5.56 Å². The number of unbranched alkanes of at least 4 members (excludes halogenated alkanes) is 1. The van der Waals surface area contributed by atoms with Crippen LogP contribution in [0.25, 0.3) is 0 Å². The zero-order valence-corrected chi connectivity index (χ0v) is 24.2. The first kappa shape index (κ1) is 36.5. The van der Waals surface area contributed by atoms with Gasteiger partial charge in [-0.2, -0.15) is 12.6 Å². The van der Waals surface area contributed by atoms with Crippen molar-refractivity contribution in [1.29, 1.82) is 0 Å². The zero-order chi connectivity index (χ0) is 27.8. The molecule has 0 aromatic heterocycles. The van der Waals surface area contributed by atoms with Crippen LogP contribution < -0.4 is 16.4 Å². The average Bonchev–Trinajstić information content (AvgIpc) is 2.88. The third kappa shape index (κ3) is 24.1. The van der Waals surface area contributed by atoms with Gasteiger partial charge in [-0.15, -0.1) is 0 Å². The molecule has 0 aliphatic carbocycles. The molecule has 4 N–H and O–H groups in total. The zero-order valence-electron chi connectivity index (χ0n) is 22.5. The summed E-state index contributed by atoms with van der Waals surface area (Å²) in [6, 6.07) is 9.64. The minimum Gasteiger partial charge on any atom is -0.469 e. The summed E-state index contributed by atoms with van der Waals surface area (Å²) in [5.74, 6) is 0.237. The SMILES string of the molecule is CCCC.CCS(C)(=O)=O.COC(=O)CCNC(=O)C(Cc1ccccc1)OCCNCC(N)CS. The third-order valence-corrected chi connectivity index (χ3v) is 6.19. The Bertz CT molecular complexity index is 777. The number of methoxy groups -OCH3 is 1. The number of ether oxygens (including phenoxy) is 2. The lowest BCUT2D eigenvalue weighted by molar-refractivity contribution is -0.140. The van der Waals surface area contributed by atoms with Gasteiger partial charge in [0.2, 0.25) is 5.91 Å². The second kappa shape index (κ2) is 23.7. The first-order chi connectivity index (χ1) is 17.0. The number of nitrogens with one attached hydrogen (secondary N) is 2. The fourth-order valence-corrected chi connectivity index (χ4v) is 2.31. The molecule has 0 aliphatic rings. The molecule has 1 aromatic rings. The Morgan fingerprint density at radius 1 is 1.08 bits per heavy atom. The molecule has 36 heavy (non-hydrogen) atoms. The van der Waals surface area contributed by atoms with Crippen LogP contribution in [0.15, 0.2) is 30.3 Å². The van der Waals surface area contributed by atoms with E-state index < -0.39 is 15.9 Å². The quantitative estimate of drug-likeness (QED) is 0.148. The van der Waals surface area contributed by atoms with Gasteiger partial charge in [-0.05, 0) is 5.56 Å². The van der Waals surface area contributed by atoms with Crippen LogP contribution in [0.2, 0.25) is 0 Å². The van der Waals surface area contributed by atoms with Gasteiger partial charge in [-0.1, -0.05) is 63.9 Å². The van der Waals surface area contributed by atoms with Crippen molar-refractivity contribution in [3.63, 3.8) is 0 Å². The number of esters is 1. The van der Waals surface area contributed by atoms with Crippen LogP contribution in [0.3, 0.4) is 0 Å². The molecule has 0 fully saturated rings. The van der Waals surface area contributed by atoms with E-state index in [9.17, 15) is 18.0 Å². The molecule has 0 radical (unpaired) electrons. The summed E-state index contributed by atoms with van der Waals surface area (Å²) in [5, 5.41) is 5.89. The van der Waals surface area contributed by atoms with Crippen LogP contribution in [-0.2, 0) is 35.3 Å². The monoisotopic (exact) mass is 549 g/mol. The fourth-order valence-electron chi connectivity index (χ4n) is 2.18. The van der Waals surface area contributed by atoms with Gasteiger partial charge in [-0.3, -0.25) is 9.59 Å². The summed E-state index contributed by atoms with van der Waals surface area (Å²) >= 11 is 4.13. The van der Waals surface area contributed by atoms with Crippen molar-refractivity contribution in [3.8, 4) is 0 Å². The minimum atomic E-state index is -2.66. The minimum absolute atomic E-state index is 0.0138. The van der Waals surface area contributed by atoms with E-state index in [4.69, 9.17) is 10.5 Å². The number of sulfone groups is 1. The maximum Gasteiger partial charge on any atom is 0.307 e. The van der Waals surface area contributed by atoms with Crippen molar-refractivity contribution in [2.75, 3.05) is 51.1 Å². The molecule has 0 aliphatic heterocycles. The van der Waals surface area contributed by atoms with Crippen molar-refractivity contribution in [1.82, 2.24) is 10.6 Å². The van der Waals surface area contributed by atoms with Gasteiger partial charge in [0.15, 0.2) is 0 Å². The topological polar surface area (TPSA) is 137 Å². The Morgan fingerprint density at radius 3 is 2.14 bits per heavy atom. The highest BCUT2D eigenvalue weighted by molar-refractivity contribution is 7.90. The number of benzene rings is 1. The summed E-state index contributed by atoms with van der Waals surface area (Å²) in [6.45, 7) is 7.80. The Morgan fingerprint density at radius 2 is 1.67 bits per heavy atom. The van der Waals surface area contributed by atoms with Crippen molar-refractivity contribution in [2.24, 2.45) is 5.73 Å². The van der Waals surface area contributed by atoms with Gasteiger partial charge < -0.3 is 25.8 Å². The first-order valence-corrected chi connectivity index (χ1v) is 15.0. The van der Waals surface area contributed by atoms with Crippen LogP contribution in [0, 0.1) is 0 Å². The Labute approximate surface area is 223 Å². The Kier molecular flexibility index (Phi) is 24.0. The fraction of sp³-hybridized carbons (Fsp3) is 0.680. The maximum atomic E-state index is 12.4. The highest BCUT2D eigenvalue weighted by Gasteiger charge is 2.19. The van der Waals surface area contributed by atoms with Gasteiger partial charge in [0.05, 0.1) is 20.1 Å². The number of thiol groups is 1.